The van der Waals surface area contributed by atoms with Gasteiger partial charge in [0, 0.05) is 11.3 Å². The maximum atomic E-state index is 12.7. The summed E-state index contributed by atoms with van der Waals surface area (Å²) in [5.74, 6) is 3.82. The number of alkyl halides is 3. The summed E-state index contributed by atoms with van der Waals surface area (Å²) in [5, 5.41) is 9.62. The Morgan fingerprint density at radius 3 is 2.25 bits per heavy atom. The highest BCUT2D eigenvalue weighted by molar-refractivity contribution is 5.53. The molecule has 1 aromatic rings. The SMILES string of the molecule is CC#CC(O)(c1ccccc1N)C(F)(F)F. The highest BCUT2D eigenvalue weighted by atomic mass is 19.4. The Morgan fingerprint density at radius 1 is 1.25 bits per heavy atom. The molecule has 16 heavy (non-hydrogen) atoms. The second-order valence-corrected chi connectivity index (χ2v) is 3.17. The zero-order chi connectivity index (χ0) is 12.4. The molecule has 0 aliphatic heterocycles. The first-order valence-electron chi connectivity index (χ1n) is 4.41. The van der Waals surface area contributed by atoms with E-state index in [1.807, 2.05) is 0 Å². The standard InChI is InChI=1S/C11H10F3NO/c1-2-7-10(16,11(12,13)14)8-5-3-4-6-9(8)15/h3-6,16H,15H2,1H3. The van der Waals surface area contributed by atoms with Crippen LogP contribution < -0.4 is 5.73 Å². The first kappa shape index (κ1) is 12.4. The summed E-state index contributed by atoms with van der Waals surface area (Å²) in [4.78, 5) is 0. The predicted molar refractivity (Wildman–Crippen MR) is 54.3 cm³/mol. The number of hydrogen-bond donors (Lipinski definition) is 2. The Hall–Kier alpha value is -1.67. The molecule has 1 unspecified atom stereocenters. The molecule has 5 heteroatoms. The van der Waals surface area contributed by atoms with Gasteiger partial charge in [-0.15, -0.1) is 5.92 Å². The molecule has 0 saturated heterocycles. The lowest BCUT2D eigenvalue weighted by atomic mass is 9.92. The Bertz CT molecular complexity index is 445. The summed E-state index contributed by atoms with van der Waals surface area (Å²) in [5.41, 5.74) is 1.60. The minimum Gasteiger partial charge on any atom is -0.398 e. The molecule has 0 saturated carbocycles. The summed E-state index contributed by atoms with van der Waals surface area (Å²) in [6, 6.07) is 5.23. The van der Waals surface area contributed by atoms with Crippen LogP contribution in [0.2, 0.25) is 0 Å². The van der Waals surface area contributed by atoms with Crippen molar-refractivity contribution in [2.45, 2.75) is 18.7 Å². The van der Waals surface area contributed by atoms with Crippen molar-refractivity contribution in [3.05, 3.63) is 29.8 Å². The van der Waals surface area contributed by atoms with Crippen molar-refractivity contribution in [1.82, 2.24) is 0 Å². The van der Waals surface area contributed by atoms with Gasteiger partial charge in [-0.3, -0.25) is 0 Å². The number of anilines is 1. The van der Waals surface area contributed by atoms with Crippen LogP contribution in [0.5, 0.6) is 0 Å². The fourth-order valence-electron chi connectivity index (χ4n) is 1.30. The molecule has 0 bridgehead atoms. The van der Waals surface area contributed by atoms with Crippen molar-refractivity contribution in [3.8, 4) is 11.8 Å². The van der Waals surface area contributed by atoms with Gasteiger partial charge in [0.05, 0.1) is 0 Å². The van der Waals surface area contributed by atoms with Crippen LogP contribution in [-0.4, -0.2) is 11.3 Å². The highest BCUT2D eigenvalue weighted by Crippen LogP contribution is 2.40. The van der Waals surface area contributed by atoms with Crippen LogP contribution in [0.3, 0.4) is 0 Å². The van der Waals surface area contributed by atoms with Gasteiger partial charge in [0.2, 0.25) is 5.60 Å². The van der Waals surface area contributed by atoms with Crippen LogP contribution in [0.25, 0.3) is 0 Å². The normalized spacial score (nSPS) is 14.8. The second kappa shape index (κ2) is 4.06. The third-order valence-electron chi connectivity index (χ3n) is 2.07. The quantitative estimate of drug-likeness (QED) is 0.571. The largest absolute Gasteiger partial charge is 0.433 e. The Labute approximate surface area is 90.9 Å². The smallest absolute Gasteiger partial charge is 0.398 e. The van der Waals surface area contributed by atoms with E-state index in [0.717, 1.165) is 6.07 Å². The number of hydrogen-bond acceptors (Lipinski definition) is 2. The molecular formula is C11H10F3NO. The maximum Gasteiger partial charge on any atom is 0.433 e. The molecule has 0 spiro atoms. The molecular weight excluding hydrogens is 219 g/mol. The predicted octanol–water partition coefficient (Wildman–Crippen LogP) is 2.04. The van der Waals surface area contributed by atoms with Gasteiger partial charge in [0.1, 0.15) is 0 Å². The van der Waals surface area contributed by atoms with Crippen LogP contribution in [0, 0.1) is 11.8 Å². The molecule has 0 aromatic heterocycles. The van der Waals surface area contributed by atoms with E-state index in [1.54, 1.807) is 5.92 Å². The molecule has 0 amide bonds. The van der Waals surface area contributed by atoms with E-state index in [4.69, 9.17) is 5.73 Å². The van der Waals surface area contributed by atoms with Crippen LogP contribution in [-0.2, 0) is 5.60 Å². The van der Waals surface area contributed by atoms with E-state index in [2.05, 4.69) is 5.92 Å². The number of nitrogen functional groups attached to an aromatic ring is 1. The lowest BCUT2D eigenvalue weighted by Gasteiger charge is -2.26. The summed E-state index contributed by atoms with van der Waals surface area (Å²) < 4.78 is 38.2. The summed E-state index contributed by atoms with van der Waals surface area (Å²) in [6.45, 7) is 1.22. The molecule has 0 heterocycles. The second-order valence-electron chi connectivity index (χ2n) is 3.17. The Balaban J connectivity index is 3.44. The van der Waals surface area contributed by atoms with Crippen molar-refractivity contribution >= 4 is 5.69 Å². The number of aliphatic hydroxyl groups is 1. The Kier molecular flexibility index (Phi) is 3.15. The topological polar surface area (TPSA) is 46.2 Å². The van der Waals surface area contributed by atoms with Gasteiger partial charge in [0.15, 0.2) is 0 Å². The molecule has 0 aliphatic rings. The van der Waals surface area contributed by atoms with Crippen LogP contribution >= 0.6 is 0 Å². The van der Waals surface area contributed by atoms with Crippen molar-refractivity contribution in [3.63, 3.8) is 0 Å². The maximum absolute atomic E-state index is 12.7. The molecule has 3 N–H and O–H groups in total. The molecule has 2 nitrogen and oxygen atoms in total. The number of halogens is 3. The van der Waals surface area contributed by atoms with Crippen LogP contribution in [0.4, 0.5) is 18.9 Å². The average molecular weight is 229 g/mol. The van der Waals surface area contributed by atoms with Crippen molar-refractivity contribution in [2.24, 2.45) is 0 Å². The number of nitrogens with two attached hydrogens (primary N) is 1. The van der Waals surface area contributed by atoms with Gasteiger partial charge < -0.3 is 10.8 Å². The van der Waals surface area contributed by atoms with E-state index >= 15 is 0 Å². The number of benzene rings is 1. The van der Waals surface area contributed by atoms with E-state index < -0.39 is 17.3 Å². The van der Waals surface area contributed by atoms with E-state index in [0.29, 0.717) is 0 Å². The van der Waals surface area contributed by atoms with Gasteiger partial charge in [-0.25, -0.2) is 0 Å². The summed E-state index contributed by atoms with van der Waals surface area (Å²) >= 11 is 0. The third kappa shape index (κ3) is 1.97. The zero-order valence-corrected chi connectivity index (χ0v) is 8.47. The van der Waals surface area contributed by atoms with E-state index in [-0.39, 0.29) is 5.69 Å². The number of para-hydroxylation sites is 1. The first-order chi connectivity index (χ1) is 7.33. The van der Waals surface area contributed by atoms with Gasteiger partial charge >= 0.3 is 6.18 Å². The molecule has 0 fully saturated rings. The van der Waals surface area contributed by atoms with Gasteiger partial charge in [0.25, 0.3) is 0 Å². The lowest BCUT2D eigenvalue weighted by molar-refractivity contribution is -0.240. The van der Waals surface area contributed by atoms with E-state index in [9.17, 15) is 18.3 Å². The van der Waals surface area contributed by atoms with Crippen molar-refractivity contribution < 1.29 is 18.3 Å². The average Bonchev–Trinajstić information content (AvgIpc) is 2.16. The third-order valence-corrected chi connectivity index (χ3v) is 2.07. The molecule has 1 rings (SSSR count). The summed E-state index contributed by atoms with van der Waals surface area (Å²) in [7, 11) is 0. The minimum atomic E-state index is -4.90. The lowest BCUT2D eigenvalue weighted by Crippen LogP contribution is -2.41. The Morgan fingerprint density at radius 2 is 1.81 bits per heavy atom. The van der Waals surface area contributed by atoms with Crippen molar-refractivity contribution in [1.29, 1.82) is 0 Å². The van der Waals surface area contributed by atoms with E-state index in [1.165, 1.54) is 25.1 Å². The van der Waals surface area contributed by atoms with Gasteiger partial charge in [-0.05, 0) is 13.0 Å². The van der Waals surface area contributed by atoms with Crippen molar-refractivity contribution in [2.75, 3.05) is 5.73 Å². The fraction of sp³-hybridized carbons (Fsp3) is 0.273. The number of rotatable bonds is 1. The van der Waals surface area contributed by atoms with Crippen LogP contribution in [0.15, 0.2) is 24.3 Å². The zero-order valence-electron chi connectivity index (χ0n) is 8.47. The summed E-state index contributed by atoms with van der Waals surface area (Å²) in [6.07, 6.45) is -4.90. The molecule has 86 valence electrons. The molecule has 0 radical (unpaired) electrons. The van der Waals surface area contributed by atoms with Gasteiger partial charge in [-0.1, -0.05) is 24.1 Å². The van der Waals surface area contributed by atoms with Gasteiger partial charge in [-0.2, -0.15) is 13.2 Å². The molecule has 1 atom stereocenters. The first-order valence-corrected chi connectivity index (χ1v) is 4.41. The molecule has 1 aromatic carbocycles. The molecule has 0 aliphatic carbocycles. The fourth-order valence-corrected chi connectivity index (χ4v) is 1.30. The van der Waals surface area contributed by atoms with Crippen LogP contribution in [0.1, 0.15) is 12.5 Å². The highest BCUT2D eigenvalue weighted by Gasteiger charge is 2.55. The monoisotopic (exact) mass is 229 g/mol. The minimum absolute atomic E-state index is 0.148.